The fraction of sp³-hybridized carbons (Fsp3) is 0.424. The average molecular weight is 517 g/mol. The lowest BCUT2D eigenvalue weighted by molar-refractivity contribution is -0.139. The number of rotatable bonds is 7. The first-order chi connectivity index (χ1) is 18.0. The highest BCUT2D eigenvalue weighted by molar-refractivity contribution is 5.79. The molecule has 1 fully saturated rings. The van der Waals surface area contributed by atoms with Gasteiger partial charge in [0.25, 0.3) is 0 Å². The highest BCUT2D eigenvalue weighted by Crippen LogP contribution is 2.65. The van der Waals surface area contributed by atoms with Gasteiger partial charge in [-0.3, -0.25) is 4.79 Å². The quantitative estimate of drug-likeness (QED) is 0.351. The van der Waals surface area contributed by atoms with E-state index in [-0.39, 0.29) is 28.5 Å². The molecule has 3 atom stereocenters. The number of carboxylic acid groups (broad SMARTS) is 1. The minimum absolute atomic E-state index is 0.0119. The van der Waals surface area contributed by atoms with E-state index in [2.05, 4.69) is 45.9 Å². The second-order valence-corrected chi connectivity index (χ2v) is 12.2. The lowest BCUT2D eigenvalue weighted by Gasteiger charge is -2.27. The Balaban J connectivity index is 1.42. The van der Waals surface area contributed by atoms with Crippen molar-refractivity contribution in [2.45, 2.75) is 65.4 Å². The Bertz CT molecular complexity index is 1370. The fourth-order valence-electron chi connectivity index (χ4n) is 6.58. The summed E-state index contributed by atoms with van der Waals surface area (Å²) in [4.78, 5) is 11.9. The number of methoxy groups -OCH3 is 1. The molecule has 0 aromatic heterocycles. The maximum atomic E-state index is 14.9. The van der Waals surface area contributed by atoms with E-state index >= 15 is 0 Å². The molecule has 1 N–H and O–H groups in total. The summed E-state index contributed by atoms with van der Waals surface area (Å²) < 4.78 is 26.5. The molecule has 2 aliphatic carbocycles. The fourth-order valence-corrected chi connectivity index (χ4v) is 6.58. The van der Waals surface area contributed by atoms with Gasteiger partial charge >= 0.3 is 5.97 Å². The van der Waals surface area contributed by atoms with Crippen molar-refractivity contribution in [3.63, 3.8) is 0 Å². The highest BCUT2D eigenvalue weighted by Gasteiger charge is 2.67. The van der Waals surface area contributed by atoms with Gasteiger partial charge in [0.1, 0.15) is 23.9 Å². The molecule has 5 heteroatoms. The Morgan fingerprint density at radius 3 is 2.50 bits per heavy atom. The summed E-state index contributed by atoms with van der Waals surface area (Å²) in [5.74, 6) is 0.224. The molecule has 0 amide bonds. The van der Waals surface area contributed by atoms with Gasteiger partial charge in [-0.2, -0.15) is 0 Å². The van der Waals surface area contributed by atoms with Gasteiger partial charge in [-0.25, -0.2) is 4.39 Å². The number of fused-ring (bicyclic) bond motifs is 2. The van der Waals surface area contributed by atoms with Crippen LogP contribution in [0.1, 0.15) is 62.8 Å². The normalized spacial score (nSPS) is 22.2. The zero-order chi connectivity index (χ0) is 27.2. The van der Waals surface area contributed by atoms with E-state index in [1.807, 2.05) is 18.2 Å². The predicted molar refractivity (Wildman–Crippen MR) is 147 cm³/mol. The van der Waals surface area contributed by atoms with Crippen LogP contribution >= 0.6 is 0 Å². The predicted octanol–water partition coefficient (Wildman–Crippen LogP) is 7.59. The third kappa shape index (κ3) is 4.79. The van der Waals surface area contributed by atoms with E-state index < -0.39 is 5.97 Å². The molecular weight excluding hydrogens is 479 g/mol. The summed E-state index contributed by atoms with van der Waals surface area (Å²) in [5.41, 5.74) is 5.60. The topological polar surface area (TPSA) is 55.8 Å². The van der Waals surface area contributed by atoms with E-state index in [1.165, 1.54) is 11.6 Å². The molecule has 0 bridgehead atoms. The van der Waals surface area contributed by atoms with Gasteiger partial charge in [0.2, 0.25) is 0 Å². The number of carboxylic acids is 1. The largest absolute Gasteiger partial charge is 0.497 e. The Morgan fingerprint density at radius 1 is 1.05 bits per heavy atom. The molecule has 200 valence electrons. The molecule has 1 spiro atoms. The Morgan fingerprint density at radius 2 is 1.82 bits per heavy atom. The van der Waals surface area contributed by atoms with Gasteiger partial charge in [-0.15, -0.1) is 0 Å². The minimum atomic E-state index is -0.699. The van der Waals surface area contributed by atoms with Crippen LogP contribution in [0.15, 0.2) is 54.6 Å². The smallest absolute Gasteiger partial charge is 0.307 e. The Kier molecular flexibility index (Phi) is 6.75. The zero-order valence-corrected chi connectivity index (χ0v) is 22.9. The van der Waals surface area contributed by atoms with Crippen molar-refractivity contribution in [2.24, 2.45) is 17.3 Å². The third-order valence-corrected chi connectivity index (χ3v) is 8.40. The van der Waals surface area contributed by atoms with E-state index in [4.69, 9.17) is 9.47 Å². The van der Waals surface area contributed by atoms with Gasteiger partial charge in [-0.1, -0.05) is 52.0 Å². The minimum Gasteiger partial charge on any atom is -0.497 e. The summed E-state index contributed by atoms with van der Waals surface area (Å²) in [5, 5.41) is 9.78. The standard InChI is InChI=1S/C33H37FO4/c1-20-30(31(35)36)33(20)14-6-7-22-9-10-25(17-28(22)33)38-19-21-8-12-26(23(15-21)18-32(2,3)4)27-16-24(37-5)11-13-29(27)34/h8-13,15-17,20,30H,6-7,14,18-19H2,1-5H3,(H,35,36)/t20-,30-,33-/m0/s1. The first kappa shape index (κ1) is 26.3. The molecule has 1 saturated carbocycles. The van der Waals surface area contributed by atoms with Crippen molar-refractivity contribution in [1.82, 2.24) is 0 Å². The van der Waals surface area contributed by atoms with Crippen LogP contribution < -0.4 is 9.47 Å². The van der Waals surface area contributed by atoms with Gasteiger partial charge in [0.15, 0.2) is 0 Å². The van der Waals surface area contributed by atoms with Crippen LogP contribution in [0.3, 0.4) is 0 Å². The number of carbonyl (C=O) groups is 1. The molecule has 0 aliphatic heterocycles. The van der Waals surface area contributed by atoms with Gasteiger partial charge in [0, 0.05) is 11.0 Å². The molecule has 0 unspecified atom stereocenters. The maximum Gasteiger partial charge on any atom is 0.307 e. The van der Waals surface area contributed by atoms with Crippen LogP contribution in [0.4, 0.5) is 4.39 Å². The number of hydrogen-bond acceptors (Lipinski definition) is 3. The number of aryl methyl sites for hydroxylation is 1. The van der Waals surface area contributed by atoms with E-state index in [0.29, 0.717) is 17.9 Å². The van der Waals surface area contributed by atoms with Crippen LogP contribution in [0, 0.1) is 23.1 Å². The number of ether oxygens (including phenoxy) is 2. The van der Waals surface area contributed by atoms with Crippen LogP contribution in [0.25, 0.3) is 11.1 Å². The van der Waals surface area contributed by atoms with Gasteiger partial charge < -0.3 is 14.6 Å². The second kappa shape index (κ2) is 9.76. The number of aliphatic carboxylic acids is 1. The van der Waals surface area contributed by atoms with Crippen molar-refractivity contribution in [3.8, 4) is 22.6 Å². The van der Waals surface area contributed by atoms with E-state index in [0.717, 1.165) is 53.7 Å². The number of halogens is 1. The van der Waals surface area contributed by atoms with E-state index in [1.54, 1.807) is 19.2 Å². The molecule has 2 aliphatic rings. The lowest BCUT2D eigenvalue weighted by Crippen LogP contribution is -2.22. The molecule has 4 nitrogen and oxygen atoms in total. The molecule has 3 aromatic rings. The number of benzene rings is 3. The summed E-state index contributed by atoms with van der Waals surface area (Å²) >= 11 is 0. The van der Waals surface area contributed by atoms with Crippen molar-refractivity contribution < 1.29 is 23.8 Å². The van der Waals surface area contributed by atoms with Crippen LogP contribution in [-0.2, 0) is 29.7 Å². The van der Waals surface area contributed by atoms with E-state index in [9.17, 15) is 14.3 Å². The Hall–Kier alpha value is -3.34. The first-order valence-corrected chi connectivity index (χ1v) is 13.5. The summed E-state index contributed by atoms with van der Waals surface area (Å²) in [6.45, 7) is 8.96. The van der Waals surface area contributed by atoms with Crippen LogP contribution in [0.5, 0.6) is 11.5 Å². The van der Waals surface area contributed by atoms with Crippen LogP contribution in [0.2, 0.25) is 0 Å². The molecule has 0 saturated heterocycles. The number of hydrogen-bond donors (Lipinski definition) is 1. The molecule has 38 heavy (non-hydrogen) atoms. The summed E-state index contributed by atoms with van der Waals surface area (Å²) in [6.07, 6.45) is 3.70. The van der Waals surface area contributed by atoms with Gasteiger partial charge in [0.05, 0.1) is 13.0 Å². The Labute approximate surface area is 224 Å². The molecule has 3 aromatic carbocycles. The molecule has 0 radical (unpaired) electrons. The SMILES string of the molecule is COc1ccc(F)c(-c2ccc(COc3ccc4c(c3)[C@@]3(CCC4)[C@H](C(=O)O)[C@@H]3C)cc2CC(C)(C)C)c1. The van der Waals surface area contributed by atoms with Crippen molar-refractivity contribution in [3.05, 3.63) is 82.7 Å². The summed E-state index contributed by atoms with van der Waals surface area (Å²) in [6, 6.07) is 17.1. The third-order valence-electron chi connectivity index (χ3n) is 8.40. The lowest BCUT2D eigenvalue weighted by atomic mass is 9.77. The maximum absolute atomic E-state index is 14.9. The monoisotopic (exact) mass is 516 g/mol. The van der Waals surface area contributed by atoms with Crippen LogP contribution in [-0.4, -0.2) is 18.2 Å². The zero-order valence-electron chi connectivity index (χ0n) is 22.9. The molecule has 5 rings (SSSR count). The highest BCUT2D eigenvalue weighted by atomic mass is 19.1. The molecule has 0 heterocycles. The first-order valence-electron chi connectivity index (χ1n) is 13.5. The van der Waals surface area contributed by atoms with Gasteiger partial charge in [-0.05, 0) is 95.2 Å². The summed E-state index contributed by atoms with van der Waals surface area (Å²) in [7, 11) is 1.59. The average Bonchev–Trinajstić information content (AvgIpc) is 3.46. The van der Waals surface area contributed by atoms with Crippen molar-refractivity contribution in [1.29, 1.82) is 0 Å². The van der Waals surface area contributed by atoms with Crippen molar-refractivity contribution in [2.75, 3.05) is 7.11 Å². The van der Waals surface area contributed by atoms with Crippen molar-refractivity contribution >= 4 is 5.97 Å². The molecular formula is C33H37FO4. The second-order valence-electron chi connectivity index (χ2n) is 12.2.